The molecule has 1 aliphatic carbocycles. The number of pyridine rings is 1. The van der Waals surface area contributed by atoms with Crippen molar-refractivity contribution < 1.29 is 4.79 Å². The fourth-order valence-corrected chi connectivity index (χ4v) is 3.53. The molecule has 0 radical (unpaired) electrons. The lowest BCUT2D eigenvalue weighted by Gasteiger charge is -2.30. The Morgan fingerprint density at radius 1 is 1.14 bits per heavy atom. The minimum atomic E-state index is -0.374. The number of carbonyl (C=O) groups excluding carboxylic acids is 1. The number of ketones is 1. The minimum absolute atomic E-state index is 0.213. The third-order valence-corrected chi connectivity index (χ3v) is 4.86. The summed E-state index contributed by atoms with van der Waals surface area (Å²) in [5.74, 6) is 0.213. The van der Waals surface area contributed by atoms with Crippen molar-refractivity contribution in [2.45, 2.75) is 38.5 Å². The molecule has 1 aliphatic rings. The summed E-state index contributed by atoms with van der Waals surface area (Å²) >= 11 is 0. The molecule has 0 saturated heterocycles. The van der Waals surface area contributed by atoms with Crippen LogP contribution < -0.4 is 5.73 Å². The molecular formula is C18H22N2O. The van der Waals surface area contributed by atoms with Crippen molar-refractivity contribution in [3.63, 3.8) is 0 Å². The van der Waals surface area contributed by atoms with E-state index in [1.165, 1.54) is 12.8 Å². The van der Waals surface area contributed by atoms with Crippen LogP contribution in [0.5, 0.6) is 0 Å². The lowest BCUT2D eigenvalue weighted by atomic mass is 9.73. The first-order chi connectivity index (χ1) is 10.3. The monoisotopic (exact) mass is 282 g/mol. The first-order valence-corrected chi connectivity index (χ1v) is 7.84. The second-order valence-corrected chi connectivity index (χ2v) is 6.13. The van der Waals surface area contributed by atoms with Crippen LogP contribution in [-0.4, -0.2) is 17.3 Å². The van der Waals surface area contributed by atoms with Gasteiger partial charge in [-0.05, 0) is 24.3 Å². The van der Waals surface area contributed by atoms with Crippen LogP contribution in [0.1, 0.15) is 48.9 Å². The number of fused-ring (bicyclic) bond motifs is 1. The molecule has 21 heavy (non-hydrogen) atoms. The molecule has 3 rings (SSSR count). The molecule has 0 unspecified atom stereocenters. The van der Waals surface area contributed by atoms with Crippen molar-refractivity contribution in [2.24, 2.45) is 11.1 Å². The van der Waals surface area contributed by atoms with Gasteiger partial charge in [-0.3, -0.25) is 9.78 Å². The normalized spacial score (nSPS) is 18.3. The molecule has 2 aromatic rings. The van der Waals surface area contributed by atoms with Gasteiger partial charge in [0.25, 0.3) is 0 Å². The Bertz CT molecular complexity index is 637. The number of hydrogen-bond acceptors (Lipinski definition) is 3. The summed E-state index contributed by atoms with van der Waals surface area (Å²) in [5.41, 5.74) is 6.46. The lowest BCUT2D eigenvalue weighted by Crippen LogP contribution is -2.38. The third kappa shape index (κ3) is 2.58. The van der Waals surface area contributed by atoms with E-state index >= 15 is 0 Å². The van der Waals surface area contributed by atoms with Crippen molar-refractivity contribution in [3.05, 3.63) is 42.2 Å². The van der Waals surface area contributed by atoms with Crippen molar-refractivity contribution >= 4 is 16.6 Å². The molecule has 3 nitrogen and oxygen atoms in total. The fourth-order valence-electron chi connectivity index (χ4n) is 3.53. The van der Waals surface area contributed by atoms with Crippen LogP contribution in [-0.2, 0) is 0 Å². The van der Waals surface area contributed by atoms with Crippen LogP contribution in [0.3, 0.4) is 0 Å². The van der Waals surface area contributed by atoms with E-state index in [0.29, 0.717) is 6.54 Å². The summed E-state index contributed by atoms with van der Waals surface area (Å²) in [4.78, 5) is 17.4. The average Bonchev–Trinajstić information content (AvgIpc) is 2.80. The van der Waals surface area contributed by atoms with Gasteiger partial charge in [0.1, 0.15) is 0 Å². The van der Waals surface area contributed by atoms with E-state index in [2.05, 4.69) is 4.98 Å². The Labute approximate surface area is 125 Å². The van der Waals surface area contributed by atoms with Gasteiger partial charge in [0.2, 0.25) is 0 Å². The predicted octanol–water partition coefficient (Wildman–Crippen LogP) is 3.72. The molecule has 2 N–H and O–H groups in total. The zero-order valence-corrected chi connectivity index (χ0v) is 12.3. The predicted molar refractivity (Wildman–Crippen MR) is 85.3 cm³/mol. The van der Waals surface area contributed by atoms with E-state index in [1.807, 2.05) is 24.3 Å². The Kier molecular flexibility index (Phi) is 4.02. The number of Topliss-reactive ketones (excluding diaryl/α,β-unsaturated/α-hetero) is 1. The van der Waals surface area contributed by atoms with Crippen molar-refractivity contribution in [3.8, 4) is 0 Å². The van der Waals surface area contributed by atoms with Crippen molar-refractivity contribution in [2.75, 3.05) is 6.54 Å². The van der Waals surface area contributed by atoms with Crippen LogP contribution in [0.4, 0.5) is 0 Å². The zero-order chi connectivity index (χ0) is 14.7. The summed E-state index contributed by atoms with van der Waals surface area (Å²) in [5, 5.41) is 2.01. The zero-order valence-electron chi connectivity index (χ0n) is 12.3. The summed E-state index contributed by atoms with van der Waals surface area (Å²) in [6.07, 6.45) is 10.0. The van der Waals surface area contributed by atoms with E-state index < -0.39 is 0 Å². The van der Waals surface area contributed by atoms with E-state index in [4.69, 9.17) is 5.73 Å². The summed E-state index contributed by atoms with van der Waals surface area (Å²) < 4.78 is 0. The summed E-state index contributed by atoms with van der Waals surface area (Å²) in [6, 6.07) is 7.86. The molecule has 1 fully saturated rings. The highest BCUT2D eigenvalue weighted by molar-refractivity contribution is 6.10. The number of rotatable bonds is 3. The molecular weight excluding hydrogens is 260 g/mol. The molecule has 0 amide bonds. The van der Waals surface area contributed by atoms with Gasteiger partial charge in [0, 0.05) is 35.3 Å². The second-order valence-electron chi connectivity index (χ2n) is 6.13. The molecule has 0 atom stereocenters. The topological polar surface area (TPSA) is 56.0 Å². The summed E-state index contributed by atoms with van der Waals surface area (Å²) in [7, 11) is 0. The first kappa shape index (κ1) is 14.2. The fraction of sp³-hybridized carbons (Fsp3) is 0.444. The van der Waals surface area contributed by atoms with Gasteiger partial charge in [0.05, 0.1) is 0 Å². The molecule has 3 heteroatoms. The quantitative estimate of drug-likeness (QED) is 0.689. The largest absolute Gasteiger partial charge is 0.329 e. The van der Waals surface area contributed by atoms with Crippen LogP contribution in [0.2, 0.25) is 0 Å². The Morgan fingerprint density at radius 3 is 2.62 bits per heavy atom. The van der Waals surface area contributed by atoms with Crippen LogP contribution >= 0.6 is 0 Å². The van der Waals surface area contributed by atoms with Gasteiger partial charge in [-0.2, -0.15) is 0 Å². The third-order valence-electron chi connectivity index (χ3n) is 4.86. The summed E-state index contributed by atoms with van der Waals surface area (Å²) in [6.45, 7) is 0.447. The molecule has 1 heterocycles. The number of nitrogens with two attached hydrogens (primary N) is 1. The van der Waals surface area contributed by atoms with Crippen LogP contribution in [0.15, 0.2) is 36.7 Å². The maximum absolute atomic E-state index is 13.2. The van der Waals surface area contributed by atoms with Crippen molar-refractivity contribution in [1.29, 1.82) is 0 Å². The lowest BCUT2D eigenvalue weighted by molar-refractivity contribution is 0.0776. The van der Waals surface area contributed by atoms with Crippen LogP contribution in [0.25, 0.3) is 10.8 Å². The van der Waals surface area contributed by atoms with E-state index in [-0.39, 0.29) is 11.2 Å². The van der Waals surface area contributed by atoms with E-state index in [9.17, 15) is 4.79 Å². The van der Waals surface area contributed by atoms with Gasteiger partial charge in [-0.15, -0.1) is 0 Å². The first-order valence-electron chi connectivity index (χ1n) is 7.84. The Hall–Kier alpha value is -1.74. The second kappa shape index (κ2) is 5.94. The molecule has 110 valence electrons. The SMILES string of the molecule is NCC1(C(=O)c2cccc3ccncc23)CCCCCC1. The van der Waals surface area contributed by atoms with Crippen molar-refractivity contribution in [1.82, 2.24) is 4.98 Å². The van der Waals surface area contributed by atoms with Gasteiger partial charge < -0.3 is 5.73 Å². The number of hydrogen-bond donors (Lipinski definition) is 1. The van der Waals surface area contributed by atoms with Crippen LogP contribution in [0, 0.1) is 5.41 Å². The number of benzene rings is 1. The number of carbonyl (C=O) groups is 1. The van der Waals surface area contributed by atoms with Gasteiger partial charge in [0.15, 0.2) is 5.78 Å². The number of aromatic nitrogens is 1. The maximum atomic E-state index is 13.2. The maximum Gasteiger partial charge on any atom is 0.170 e. The highest BCUT2D eigenvalue weighted by Gasteiger charge is 2.38. The van der Waals surface area contributed by atoms with E-state index in [1.54, 1.807) is 12.4 Å². The molecule has 1 aromatic carbocycles. The molecule has 1 saturated carbocycles. The average molecular weight is 282 g/mol. The standard InChI is InChI=1S/C18H22N2O/c19-13-18(9-3-1-2-4-10-18)17(21)15-7-5-6-14-8-11-20-12-16(14)15/h5-8,11-12H,1-4,9-10,13,19H2. The van der Waals surface area contributed by atoms with Gasteiger partial charge in [-0.25, -0.2) is 0 Å². The highest BCUT2D eigenvalue weighted by atomic mass is 16.1. The highest BCUT2D eigenvalue weighted by Crippen LogP contribution is 2.38. The Balaban J connectivity index is 2.06. The molecule has 0 aliphatic heterocycles. The van der Waals surface area contributed by atoms with Gasteiger partial charge in [-0.1, -0.05) is 43.9 Å². The van der Waals surface area contributed by atoms with E-state index in [0.717, 1.165) is 42.0 Å². The van der Waals surface area contributed by atoms with Gasteiger partial charge >= 0.3 is 0 Å². The molecule has 1 aromatic heterocycles. The smallest absolute Gasteiger partial charge is 0.170 e. The number of nitrogens with zero attached hydrogens (tertiary/aromatic N) is 1. The molecule has 0 bridgehead atoms. The minimum Gasteiger partial charge on any atom is -0.329 e. The Morgan fingerprint density at radius 2 is 1.90 bits per heavy atom. The molecule has 0 spiro atoms.